The lowest BCUT2D eigenvalue weighted by atomic mass is 10.0. The minimum absolute atomic E-state index is 0.0245. The van der Waals surface area contributed by atoms with Gasteiger partial charge in [-0.3, -0.25) is 10.1 Å². The second-order valence-electron chi connectivity index (χ2n) is 3.65. The molecule has 0 bridgehead atoms. The van der Waals surface area contributed by atoms with Gasteiger partial charge in [0, 0.05) is 23.7 Å². The van der Waals surface area contributed by atoms with Crippen LogP contribution in [0.2, 0.25) is 0 Å². The molecule has 1 atom stereocenters. The number of phenolic OH excluding ortho intramolecular Hbond substituents is 1. The fraction of sp³-hybridized carbons (Fsp3) is 0.400. The molecule has 5 heteroatoms. The van der Waals surface area contributed by atoms with E-state index in [1.54, 1.807) is 0 Å². The molecule has 0 aliphatic carbocycles. The number of nitrogens with zero attached hydrogens (tertiary/aromatic N) is 1. The maximum atomic E-state index is 10.6. The van der Waals surface area contributed by atoms with Crippen molar-refractivity contribution in [3.8, 4) is 5.75 Å². The van der Waals surface area contributed by atoms with E-state index >= 15 is 0 Å². The van der Waals surface area contributed by atoms with Crippen LogP contribution >= 0.6 is 0 Å². The van der Waals surface area contributed by atoms with Crippen molar-refractivity contribution in [1.29, 1.82) is 0 Å². The van der Waals surface area contributed by atoms with Gasteiger partial charge in [0.15, 0.2) is 0 Å². The first-order chi connectivity index (χ1) is 7.18. The van der Waals surface area contributed by atoms with Crippen LogP contribution in [0.1, 0.15) is 24.4 Å². The molecule has 15 heavy (non-hydrogen) atoms. The van der Waals surface area contributed by atoms with Crippen LogP contribution in [0.5, 0.6) is 5.75 Å². The number of non-ortho nitro benzene ring substituents is 1. The van der Waals surface area contributed by atoms with Gasteiger partial charge in [0.05, 0.1) is 4.92 Å². The fourth-order valence-electron chi connectivity index (χ4n) is 1.88. The summed E-state index contributed by atoms with van der Waals surface area (Å²) in [6.07, 6.45) is 1.95. The van der Waals surface area contributed by atoms with Crippen LogP contribution in [-0.2, 0) is 0 Å². The number of nitro groups is 1. The van der Waals surface area contributed by atoms with Crippen molar-refractivity contribution in [3.05, 3.63) is 33.9 Å². The Morgan fingerprint density at radius 1 is 1.53 bits per heavy atom. The Balaban J connectivity index is 2.35. The summed E-state index contributed by atoms with van der Waals surface area (Å²) in [5.74, 6) is 0.125. The molecule has 0 spiro atoms. The van der Waals surface area contributed by atoms with E-state index in [0.29, 0.717) is 5.56 Å². The number of rotatable bonds is 2. The molecule has 0 saturated carbocycles. The number of aromatic hydroxyl groups is 1. The zero-order chi connectivity index (χ0) is 10.8. The molecule has 0 amide bonds. The summed E-state index contributed by atoms with van der Waals surface area (Å²) in [6.45, 7) is 0.896. The normalized spacial score (nSPS) is 20.4. The third-order valence-electron chi connectivity index (χ3n) is 2.66. The summed E-state index contributed by atoms with van der Waals surface area (Å²) in [5, 5.41) is 23.4. The van der Waals surface area contributed by atoms with E-state index in [2.05, 4.69) is 5.32 Å². The van der Waals surface area contributed by atoms with E-state index in [1.807, 2.05) is 0 Å². The molecule has 1 heterocycles. The van der Waals surface area contributed by atoms with Gasteiger partial charge in [0.1, 0.15) is 5.75 Å². The zero-order valence-corrected chi connectivity index (χ0v) is 8.14. The van der Waals surface area contributed by atoms with E-state index < -0.39 is 4.92 Å². The highest BCUT2D eigenvalue weighted by atomic mass is 16.6. The summed E-state index contributed by atoms with van der Waals surface area (Å²) < 4.78 is 0. The Labute approximate surface area is 86.9 Å². The van der Waals surface area contributed by atoms with Crippen molar-refractivity contribution < 1.29 is 10.0 Å². The minimum atomic E-state index is -0.447. The van der Waals surface area contributed by atoms with E-state index in [1.165, 1.54) is 18.2 Å². The molecule has 0 aromatic heterocycles. The number of phenols is 1. The molecule has 2 rings (SSSR count). The number of nitro benzene ring substituents is 1. The smallest absolute Gasteiger partial charge is 0.270 e. The van der Waals surface area contributed by atoms with Crippen LogP contribution in [0, 0.1) is 10.1 Å². The molecule has 80 valence electrons. The van der Waals surface area contributed by atoms with Gasteiger partial charge in [-0.1, -0.05) is 0 Å². The fourth-order valence-corrected chi connectivity index (χ4v) is 1.88. The van der Waals surface area contributed by atoms with Crippen molar-refractivity contribution in [3.63, 3.8) is 0 Å². The number of benzene rings is 1. The topological polar surface area (TPSA) is 75.4 Å². The highest BCUT2D eigenvalue weighted by Crippen LogP contribution is 2.32. The SMILES string of the molecule is O=[N+]([O-])c1ccc(O)c(C2CCCN2)c1. The molecule has 5 nitrogen and oxygen atoms in total. The second-order valence-corrected chi connectivity index (χ2v) is 3.65. The monoisotopic (exact) mass is 208 g/mol. The second kappa shape index (κ2) is 3.86. The summed E-state index contributed by atoms with van der Waals surface area (Å²) in [5.41, 5.74) is 0.651. The lowest BCUT2D eigenvalue weighted by Gasteiger charge is -2.11. The highest BCUT2D eigenvalue weighted by Gasteiger charge is 2.21. The average molecular weight is 208 g/mol. The van der Waals surface area contributed by atoms with Gasteiger partial charge >= 0.3 is 0 Å². The maximum Gasteiger partial charge on any atom is 0.270 e. The van der Waals surface area contributed by atoms with Crippen LogP contribution in [-0.4, -0.2) is 16.6 Å². The van der Waals surface area contributed by atoms with Crippen molar-refractivity contribution in [1.82, 2.24) is 5.32 Å². The van der Waals surface area contributed by atoms with Crippen molar-refractivity contribution >= 4 is 5.69 Å². The lowest BCUT2D eigenvalue weighted by Crippen LogP contribution is -2.13. The lowest BCUT2D eigenvalue weighted by molar-refractivity contribution is -0.385. The average Bonchev–Trinajstić information content (AvgIpc) is 2.71. The molecular formula is C10H12N2O3. The standard InChI is InChI=1S/C10H12N2O3/c13-10-4-3-7(12(14)15)6-8(10)9-2-1-5-11-9/h3-4,6,9,11,13H,1-2,5H2. The zero-order valence-electron chi connectivity index (χ0n) is 8.14. The first kappa shape index (κ1) is 9.92. The molecule has 0 radical (unpaired) electrons. The molecule has 1 unspecified atom stereocenters. The van der Waals surface area contributed by atoms with E-state index in [4.69, 9.17) is 0 Å². The molecule has 2 N–H and O–H groups in total. The van der Waals surface area contributed by atoms with Crippen LogP contribution in [0.25, 0.3) is 0 Å². The van der Waals surface area contributed by atoms with Gasteiger partial charge in [-0.15, -0.1) is 0 Å². The predicted molar refractivity (Wildman–Crippen MR) is 54.7 cm³/mol. The number of hydrogen-bond donors (Lipinski definition) is 2. The van der Waals surface area contributed by atoms with Gasteiger partial charge in [-0.2, -0.15) is 0 Å². The van der Waals surface area contributed by atoms with Gasteiger partial charge in [0.2, 0.25) is 0 Å². The molecule has 1 aromatic rings. The Morgan fingerprint density at radius 3 is 2.93 bits per heavy atom. The van der Waals surface area contributed by atoms with E-state index in [-0.39, 0.29) is 17.5 Å². The van der Waals surface area contributed by atoms with Gasteiger partial charge < -0.3 is 10.4 Å². The van der Waals surface area contributed by atoms with Gasteiger partial charge in [0.25, 0.3) is 5.69 Å². The molecule has 1 aliphatic rings. The summed E-state index contributed by atoms with van der Waals surface area (Å²) in [7, 11) is 0. The van der Waals surface area contributed by atoms with Gasteiger partial charge in [-0.25, -0.2) is 0 Å². The Hall–Kier alpha value is -1.62. The first-order valence-corrected chi connectivity index (χ1v) is 4.89. The maximum absolute atomic E-state index is 10.6. The number of hydrogen-bond acceptors (Lipinski definition) is 4. The Kier molecular flexibility index (Phi) is 2.55. The van der Waals surface area contributed by atoms with E-state index in [9.17, 15) is 15.2 Å². The van der Waals surface area contributed by atoms with Crippen LogP contribution < -0.4 is 5.32 Å². The largest absolute Gasteiger partial charge is 0.508 e. The Morgan fingerprint density at radius 2 is 2.33 bits per heavy atom. The number of nitrogens with one attached hydrogen (secondary N) is 1. The summed E-state index contributed by atoms with van der Waals surface area (Å²) in [4.78, 5) is 10.1. The minimum Gasteiger partial charge on any atom is -0.508 e. The van der Waals surface area contributed by atoms with Gasteiger partial charge in [-0.05, 0) is 25.5 Å². The molecule has 1 aromatic carbocycles. The molecular weight excluding hydrogens is 196 g/mol. The highest BCUT2D eigenvalue weighted by molar-refractivity contribution is 5.44. The van der Waals surface area contributed by atoms with Crippen LogP contribution in [0.15, 0.2) is 18.2 Å². The van der Waals surface area contributed by atoms with Crippen molar-refractivity contribution in [2.24, 2.45) is 0 Å². The summed E-state index contributed by atoms with van der Waals surface area (Å²) in [6, 6.07) is 4.18. The summed E-state index contributed by atoms with van der Waals surface area (Å²) >= 11 is 0. The van der Waals surface area contributed by atoms with Crippen molar-refractivity contribution in [2.45, 2.75) is 18.9 Å². The molecule has 1 fully saturated rings. The Bertz CT molecular complexity index is 386. The first-order valence-electron chi connectivity index (χ1n) is 4.89. The third kappa shape index (κ3) is 1.92. The predicted octanol–water partition coefficient (Wildman–Crippen LogP) is 1.72. The third-order valence-corrected chi connectivity index (χ3v) is 2.66. The van der Waals surface area contributed by atoms with Crippen LogP contribution in [0.4, 0.5) is 5.69 Å². The molecule has 1 saturated heterocycles. The van der Waals surface area contributed by atoms with Crippen LogP contribution in [0.3, 0.4) is 0 Å². The van der Waals surface area contributed by atoms with Crippen molar-refractivity contribution in [2.75, 3.05) is 6.54 Å². The van der Waals surface area contributed by atoms with E-state index in [0.717, 1.165) is 19.4 Å². The quantitative estimate of drug-likeness (QED) is 0.573. The molecule has 1 aliphatic heterocycles.